The van der Waals surface area contributed by atoms with E-state index in [1.165, 1.54) is 38.5 Å². The average molecular weight is 503 g/mol. The second-order valence-electron chi connectivity index (χ2n) is 12.3. The SMILES string of the molecule is CC(O)CC(C)CC(C)CC(C)CCCOCOCOCCCC(C)CC(C)CC(C)CC(C)O. The van der Waals surface area contributed by atoms with E-state index in [1.54, 1.807) is 0 Å². The van der Waals surface area contributed by atoms with Crippen LogP contribution in [-0.4, -0.2) is 49.2 Å². The highest BCUT2D eigenvalue weighted by molar-refractivity contribution is 4.66. The van der Waals surface area contributed by atoms with Gasteiger partial charge in [0.15, 0.2) is 0 Å². The van der Waals surface area contributed by atoms with E-state index >= 15 is 0 Å². The molecule has 0 aliphatic carbocycles. The van der Waals surface area contributed by atoms with E-state index in [1.807, 2.05) is 13.8 Å². The summed E-state index contributed by atoms with van der Waals surface area (Å²) in [5.74, 6) is 4.00. The lowest BCUT2D eigenvalue weighted by Gasteiger charge is -2.21. The molecule has 0 bridgehead atoms. The molecule has 0 aromatic heterocycles. The van der Waals surface area contributed by atoms with Gasteiger partial charge in [0.2, 0.25) is 0 Å². The number of hydrogen-bond donors (Lipinski definition) is 2. The zero-order chi connectivity index (χ0) is 26.6. The predicted octanol–water partition coefficient (Wildman–Crippen LogP) is 7.43. The molecule has 0 saturated heterocycles. The Morgan fingerprint density at radius 2 is 0.743 bits per heavy atom. The molecule has 0 saturated carbocycles. The minimum Gasteiger partial charge on any atom is -0.393 e. The number of ether oxygens (including phenoxy) is 3. The van der Waals surface area contributed by atoms with Crippen LogP contribution in [0.3, 0.4) is 0 Å². The summed E-state index contributed by atoms with van der Waals surface area (Å²) in [4.78, 5) is 0. The lowest BCUT2D eigenvalue weighted by molar-refractivity contribution is -0.132. The summed E-state index contributed by atoms with van der Waals surface area (Å²) in [6.45, 7) is 19.7. The third-order valence-electron chi connectivity index (χ3n) is 7.01. The van der Waals surface area contributed by atoms with Crippen molar-refractivity contribution < 1.29 is 24.4 Å². The van der Waals surface area contributed by atoms with E-state index in [2.05, 4.69) is 41.5 Å². The van der Waals surface area contributed by atoms with Crippen LogP contribution in [-0.2, 0) is 14.2 Å². The van der Waals surface area contributed by atoms with Crippen molar-refractivity contribution in [1.82, 2.24) is 0 Å². The fourth-order valence-electron chi connectivity index (χ4n) is 5.87. The Morgan fingerprint density at radius 1 is 0.429 bits per heavy atom. The average Bonchev–Trinajstić information content (AvgIpc) is 2.70. The Labute approximate surface area is 218 Å². The van der Waals surface area contributed by atoms with E-state index < -0.39 is 0 Å². The third kappa shape index (κ3) is 23.9. The fraction of sp³-hybridized carbons (Fsp3) is 1.00. The second-order valence-corrected chi connectivity index (χ2v) is 12.3. The first-order valence-corrected chi connectivity index (χ1v) is 14.6. The number of aliphatic hydroxyl groups is 2. The Bertz CT molecular complexity index is 416. The van der Waals surface area contributed by atoms with Crippen molar-refractivity contribution in [2.24, 2.45) is 35.5 Å². The van der Waals surface area contributed by atoms with Gasteiger partial charge in [-0.25, -0.2) is 0 Å². The van der Waals surface area contributed by atoms with Crippen LogP contribution in [0.25, 0.3) is 0 Å². The molecule has 8 unspecified atom stereocenters. The molecule has 0 fully saturated rings. The van der Waals surface area contributed by atoms with Crippen LogP contribution in [0.15, 0.2) is 0 Å². The molecule has 0 spiro atoms. The standard InChI is InChI=1S/C30H62O5/c1-23(15-25(3)17-27(5)19-29(7)31)11-9-13-33-21-35-22-34-14-10-12-24(2)16-26(4)18-28(6)20-30(8)32/h23-32H,9-22H2,1-8H3. The Balaban J connectivity index is 3.54. The van der Waals surface area contributed by atoms with Crippen molar-refractivity contribution >= 4 is 0 Å². The highest BCUT2D eigenvalue weighted by atomic mass is 16.7. The zero-order valence-corrected chi connectivity index (χ0v) is 24.6. The van der Waals surface area contributed by atoms with E-state index in [9.17, 15) is 10.2 Å². The molecule has 8 atom stereocenters. The van der Waals surface area contributed by atoms with Crippen molar-refractivity contribution in [3.63, 3.8) is 0 Å². The Morgan fingerprint density at radius 3 is 1.09 bits per heavy atom. The Kier molecular flexibility index (Phi) is 21.7. The second kappa shape index (κ2) is 21.8. The quantitative estimate of drug-likeness (QED) is 0.106. The van der Waals surface area contributed by atoms with Gasteiger partial charge in [-0.1, -0.05) is 41.5 Å². The first-order valence-electron chi connectivity index (χ1n) is 14.6. The number of rotatable bonds is 24. The predicted molar refractivity (Wildman–Crippen MR) is 147 cm³/mol. The summed E-state index contributed by atoms with van der Waals surface area (Å²) in [5.41, 5.74) is 0. The molecule has 5 nitrogen and oxygen atoms in total. The van der Waals surface area contributed by atoms with Gasteiger partial charge in [0.1, 0.15) is 13.6 Å². The molecule has 2 N–H and O–H groups in total. The minimum atomic E-state index is -0.191. The molecule has 0 radical (unpaired) electrons. The van der Waals surface area contributed by atoms with Crippen LogP contribution < -0.4 is 0 Å². The van der Waals surface area contributed by atoms with Gasteiger partial charge in [-0.3, -0.25) is 0 Å². The van der Waals surface area contributed by atoms with Gasteiger partial charge >= 0.3 is 0 Å². The largest absolute Gasteiger partial charge is 0.393 e. The molecule has 212 valence electrons. The monoisotopic (exact) mass is 502 g/mol. The van der Waals surface area contributed by atoms with Gasteiger partial charge in [-0.05, 0) is 114 Å². The lowest BCUT2D eigenvalue weighted by Crippen LogP contribution is -2.13. The van der Waals surface area contributed by atoms with Crippen LogP contribution >= 0.6 is 0 Å². The van der Waals surface area contributed by atoms with Crippen molar-refractivity contribution in [1.29, 1.82) is 0 Å². The molecular formula is C30H62O5. The Hall–Kier alpha value is -0.200. The smallest absolute Gasteiger partial charge is 0.149 e. The zero-order valence-electron chi connectivity index (χ0n) is 24.6. The van der Waals surface area contributed by atoms with E-state index in [0.717, 1.165) is 38.9 Å². The third-order valence-corrected chi connectivity index (χ3v) is 7.01. The van der Waals surface area contributed by atoms with Gasteiger partial charge in [-0.15, -0.1) is 0 Å². The maximum atomic E-state index is 9.53. The van der Waals surface area contributed by atoms with E-state index in [-0.39, 0.29) is 12.2 Å². The highest BCUT2D eigenvalue weighted by Gasteiger charge is 2.15. The maximum Gasteiger partial charge on any atom is 0.149 e. The van der Waals surface area contributed by atoms with Gasteiger partial charge in [-0.2, -0.15) is 0 Å². The van der Waals surface area contributed by atoms with Crippen molar-refractivity contribution in [3.05, 3.63) is 0 Å². The van der Waals surface area contributed by atoms with Crippen LogP contribution in [0.4, 0.5) is 0 Å². The molecule has 0 aromatic rings. The van der Waals surface area contributed by atoms with Crippen LogP contribution in [0.2, 0.25) is 0 Å². The molecule has 0 amide bonds. The van der Waals surface area contributed by atoms with Crippen molar-refractivity contribution in [2.75, 3.05) is 26.8 Å². The molecule has 5 heteroatoms. The number of hydrogen-bond acceptors (Lipinski definition) is 5. The molecule has 0 aliphatic heterocycles. The summed E-state index contributed by atoms with van der Waals surface area (Å²) in [7, 11) is 0. The minimum absolute atomic E-state index is 0.191. The molecular weight excluding hydrogens is 440 g/mol. The lowest BCUT2D eigenvalue weighted by atomic mass is 9.86. The summed E-state index contributed by atoms with van der Waals surface area (Å²) in [6, 6.07) is 0. The summed E-state index contributed by atoms with van der Waals surface area (Å²) in [5, 5.41) is 19.1. The van der Waals surface area contributed by atoms with E-state index in [4.69, 9.17) is 14.2 Å². The molecule has 0 aliphatic rings. The summed E-state index contributed by atoms with van der Waals surface area (Å²) < 4.78 is 16.6. The van der Waals surface area contributed by atoms with Gasteiger partial charge in [0.25, 0.3) is 0 Å². The highest BCUT2D eigenvalue weighted by Crippen LogP contribution is 2.25. The van der Waals surface area contributed by atoms with Crippen molar-refractivity contribution in [3.8, 4) is 0 Å². The van der Waals surface area contributed by atoms with Crippen LogP contribution in [0.1, 0.15) is 120 Å². The molecule has 0 rings (SSSR count). The van der Waals surface area contributed by atoms with Crippen molar-refractivity contribution in [2.45, 2.75) is 132 Å². The van der Waals surface area contributed by atoms with E-state index in [0.29, 0.717) is 49.1 Å². The first kappa shape index (κ1) is 34.8. The topological polar surface area (TPSA) is 68.2 Å². The molecule has 35 heavy (non-hydrogen) atoms. The van der Waals surface area contributed by atoms with Gasteiger partial charge in [0.05, 0.1) is 12.2 Å². The normalized spacial score (nSPS) is 19.0. The summed E-state index contributed by atoms with van der Waals surface area (Å²) >= 11 is 0. The van der Waals surface area contributed by atoms with Gasteiger partial charge < -0.3 is 24.4 Å². The molecule has 0 heterocycles. The maximum absolute atomic E-state index is 9.53. The van der Waals surface area contributed by atoms with Gasteiger partial charge in [0, 0.05) is 13.2 Å². The van der Waals surface area contributed by atoms with Crippen LogP contribution in [0.5, 0.6) is 0 Å². The summed E-state index contributed by atoms with van der Waals surface area (Å²) in [6.07, 6.45) is 10.8. The van der Waals surface area contributed by atoms with Crippen LogP contribution in [0, 0.1) is 35.5 Å². The fourth-order valence-corrected chi connectivity index (χ4v) is 5.87. The first-order chi connectivity index (χ1) is 16.5. The number of aliphatic hydroxyl groups excluding tert-OH is 2. The molecule has 0 aromatic carbocycles.